The quantitative estimate of drug-likeness (QED) is 0.225. The Balaban J connectivity index is 1.29. The predicted molar refractivity (Wildman–Crippen MR) is 159 cm³/mol. The first-order valence-corrected chi connectivity index (χ1v) is 14.0. The Morgan fingerprint density at radius 1 is 0.976 bits per heavy atom. The van der Waals surface area contributed by atoms with Crippen molar-refractivity contribution in [1.82, 2.24) is 25.1 Å². The van der Waals surface area contributed by atoms with Crippen molar-refractivity contribution < 1.29 is 19.1 Å². The highest BCUT2D eigenvalue weighted by atomic mass is 16.6. The number of fused-ring (bicyclic) bond motifs is 4. The molecular weight excluding hydrogens is 530 g/mol. The van der Waals surface area contributed by atoms with E-state index < -0.39 is 29.7 Å². The van der Waals surface area contributed by atoms with Crippen LogP contribution in [0.15, 0.2) is 85.3 Å². The highest BCUT2D eigenvalue weighted by molar-refractivity contribution is 5.85. The number of nitrogens with one attached hydrogen (secondary N) is 2. The third-order valence-electron chi connectivity index (χ3n) is 7.56. The van der Waals surface area contributed by atoms with Gasteiger partial charge in [0, 0.05) is 28.6 Å². The van der Waals surface area contributed by atoms with Gasteiger partial charge in [0.15, 0.2) is 5.82 Å². The molecule has 0 fully saturated rings. The topological polar surface area (TPSA) is 111 Å². The molecule has 2 N–H and O–H groups in total. The van der Waals surface area contributed by atoms with Crippen molar-refractivity contribution in [3.8, 4) is 11.1 Å². The molecule has 2 heterocycles. The maximum Gasteiger partial charge on any atom is 0.408 e. The summed E-state index contributed by atoms with van der Waals surface area (Å²) in [4.78, 5) is 29.7. The molecule has 9 heteroatoms. The van der Waals surface area contributed by atoms with Gasteiger partial charge in [-0.25, -0.2) is 9.59 Å². The number of carbonyl (C=O) groups excluding carboxylic acids is 2. The fourth-order valence-electron chi connectivity index (χ4n) is 5.63. The van der Waals surface area contributed by atoms with Gasteiger partial charge in [-0.05, 0) is 56.0 Å². The van der Waals surface area contributed by atoms with Gasteiger partial charge >= 0.3 is 12.1 Å². The number of H-pyrrole nitrogens is 1. The minimum atomic E-state index is -0.760. The van der Waals surface area contributed by atoms with E-state index in [1.165, 1.54) is 6.33 Å². The van der Waals surface area contributed by atoms with Crippen LogP contribution in [-0.4, -0.2) is 44.0 Å². The van der Waals surface area contributed by atoms with Crippen molar-refractivity contribution in [2.45, 2.75) is 51.3 Å². The number of para-hydroxylation sites is 1. The lowest BCUT2D eigenvalue weighted by Crippen LogP contribution is -2.34. The molecule has 0 unspecified atom stereocenters. The number of nitrogens with zero attached hydrogens (tertiary/aromatic N) is 3. The second-order valence-corrected chi connectivity index (χ2v) is 11.5. The third kappa shape index (κ3) is 5.13. The van der Waals surface area contributed by atoms with Gasteiger partial charge in [-0.2, -0.15) is 0 Å². The summed E-state index contributed by atoms with van der Waals surface area (Å²) in [7, 11) is 0. The van der Waals surface area contributed by atoms with Crippen molar-refractivity contribution >= 4 is 23.0 Å². The lowest BCUT2D eigenvalue weighted by atomic mass is 9.98. The molecule has 1 aliphatic carbocycles. The van der Waals surface area contributed by atoms with E-state index in [0.29, 0.717) is 5.82 Å². The standard InChI is InChI=1S/C33H33N5O4/c1-20(31(39)42-33(2,3)4)38-19-35-37-30(38)29(26-17-34-28-16-10-9-15-25(26)28)36-32(40)41-18-27-23-13-7-5-11-21(23)22-12-6-8-14-24(22)27/h5-17,19-20,27,29,34H,18H2,1-4H3,(H,36,40)/t20-,29-/m0/s1. The summed E-state index contributed by atoms with van der Waals surface area (Å²) in [5.41, 5.74) is 5.58. The zero-order chi connectivity index (χ0) is 29.4. The van der Waals surface area contributed by atoms with Gasteiger partial charge in [0.1, 0.15) is 30.6 Å². The number of hydrogen-bond donors (Lipinski definition) is 2. The van der Waals surface area contributed by atoms with Crippen LogP contribution in [0.5, 0.6) is 0 Å². The van der Waals surface area contributed by atoms with Crippen molar-refractivity contribution in [2.75, 3.05) is 6.61 Å². The number of hydrogen-bond acceptors (Lipinski definition) is 6. The Hall–Kier alpha value is -4.92. The first-order chi connectivity index (χ1) is 20.2. The fraction of sp³-hybridized carbons (Fsp3) is 0.273. The van der Waals surface area contributed by atoms with E-state index in [0.717, 1.165) is 38.7 Å². The molecular formula is C33H33N5O4. The van der Waals surface area contributed by atoms with Gasteiger partial charge < -0.3 is 24.3 Å². The highest BCUT2D eigenvalue weighted by Crippen LogP contribution is 2.44. The number of ether oxygens (including phenoxy) is 2. The molecule has 214 valence electrons. The minimum absolute atomic E-state index is 0.0782. The van der Waals surface area contributed by atoms with E-state index in [1.54, 1.807) is 11.5 Å². The summed E-state index contributed by atoms with van der Waals surface area (Å²) >= 11 is 0. The summed E-state index contributed by atoms with van der Waals surface area (Å²) in [5.74, 6) is -0.125. The summed E-state index contributed by atoms with van der Waals surface area (Å²) in [6.07, 6.45) is 2.70. The van der Waals surface area contributed by atoms with Gasteiger partial charge in [-0.1, -0.05) is 66.7 Å². The predicted octanol–water partition coefficient (Wildman–Crippen LogP) is 6.29. The van der Waals surface area contributed by atoms with Gasteiger partial charge in [-0.15, -0.1) is 10.2 Å². The number of aromatic amines is 1. The number of benzene rings is 3. The van der Waals surface area contributed by atoms with Gasteiger partial charge in [-0.3, -0.25) is 0 Å². The Morgan fingerprint density at radius 3 is 2.31 bits per heavy atom. The van der Waals surface area contributed by atoms with Crippen LogP contribution in [0.25, 0.3) is 22.0 Å². The van der Waals surface area contributed by atoms with Crippen molar-refractivity contribution in [3.05, 3.63) is 108 Å². The van der Waals surface area contributed by atoms with Gasteiger partial charge in [0.25, 0.3) is 0 Å². The lowest BCUT2D eigenvalue weighted by molar-refractivity contribution is -0.158. The van der Waals surface area contributed by atoms with Crippen LogP contribution in [0, 0.1) is 0 Å². The maximum absolute atomic E-state index is 13.5. The molecule has 3 aromatic carbocycles. The zero-order valence-corrected chi connectivity index (χ0v) is 24.0. The molecule has 0 aliphatic heterocycles. The maximum atomic E-state index is 13.5. The molecule has 6 rings (SSSR count). The van der Waals surface area contributed by atoms with Crippen molar-refractivity contribution in [1.29, 1.82) is 0 Å². The average Bonchev–Trinajstić information content (AvgIpc) is 3.70. The normalized spacial score (nSPS) is 14.2. The largest absolute Gasteiger partial charge is 0.458 e. The highest BCUT2D eigenvalue weighted by Gasteiger charge is 2.32. The Bertz CT molecular complexity index is 1720. The van der Waals surface area contributed by atoms with Crippen LogP contribution in [0.4, 0.5) is 4.79 Å². The van der Waals surface area contributed by atoms with Crippen LogP contribution in [-0.2, 0) is 14.3 Å². The molecule has 5 aromatic rings. The summed E-state index contributed by atoms with van der Waals surface area (Å²) in [5, 5.41) is 12.4. The number of carbonyl (C=O) groups is 2. The summed E-state index contributed by atoms with van der Waals surface area (Å²) < 4.78 is 13.1. The van der Waals surface area contributed by atoms with Crippen LogP contribution < -0.4 is 5.32 Å². The molecule has 0 radical (unpaired) electrons. The summed E-state index contributed by atoms with van der Waals surface area (Å²) in [6, 6.07) is 22.7. The Labute approximate surface area is 243 Å². The van der Waals surface area contributed by atoms with Crippen LogP contribution >= 0.6 is 0 Å². The minimum Gasteiger partial charge on any atom is -0.458 e. The van der Waals surface area contributed by atoms with E-state index in [4.69, 9.17) is 9.47 Å². The van der Waals surface area contributed by atoms with Crippen molar-refractivity contribution in [2.24, 2.45) is 0 Å². The van der Waals surface area contributed by atoms with Crippen LogP contribution in [0.1, 0.15) is 68.2 Å². The SMILES string of the molecule is C[C@@H](C(=O)OC(C)(C)C)n1cnnc1[C@@H](NC(=O)OCC1c2ccccc2-c2ccccc21)c1c[nH]c2ccccc12. The van der Waals surface area contributed by atoms with E-state index >= 15 is 0 Å². The number of amides is 1. The lowest BCUT2D eigenvalue weighted by Gasteiger charge is -2.25. The first kappa shape index (κ1) is 27.3. The van der Waals surface area contributed by atoms with E-state index in [2.05, 4.69) is 44.8 Å². The van der Waals surface area contributed by atoms with Crippen molar-refractivity contribution in [3.63, 3.8) is 0 Å². The monoisotopic (exact) mass is 563 g/mol. The van der Waals surface area contributed by atoms with Crippen LogP contribution in [0.3, 0.4) is 0 Å². The molecule has 1 amide bonds. The molecule has 0 saturated heterocycles. The Morgan fingerprint density at radius 2 is 1.62 bits per heavy atom. The van der Waals surface area contributed by atoms with Gasteiger partial charge in [0.2, 0.25) is 0 Å². The number of esters is 1. The molecule has 1 aliphatic rings. The second kappa shape index (κ2) is 10.8. The van der Waals surface area contributed by atoms with E-state index in [-0.39, 0.29) is 12.5 Å². The van der Waals surface area contributed by atoms with E-state index in [1.807, 2.05) is 75.5 Å². The molecule has 2 aromatic heterocycles. The molecule has 0 saturated carbocycles. The molecule has 0 spiro atoms. The molecule has 42 heavy (non-hydrogen) atoms. The average molecular weight is 564 g/mol. The molecule has 9 nitrogen and oxygen atoms in total. The van der Waals surface area contributed by atoms with Gasteiger partial charge in [0.05, 0.1) is 0 Å². The first-order valence-electron chi connectivity index (χ1n) is 14.0. The molecule has 0 bridgehead atoms. The number of alkyl carbamates (subject to hydrolysis) is 1. The Kier molecular flexibility index (Phi) is 7.02. The fourth-order valence-corrected chi connectivity index (χ4v) is 5.63. The number of aromatic nitrogens is 4. The zero-order valence-electron chi connectivity index (χ0n) is 24.0. The van der Waals surface area contributed by atoms with E-state index in [9.17, 15) is 9.59 Å². The second-order valence-electron chi connectivity index (χ2n) is 11.5. The number of rotatable bonds is 7. The summed E-state index contributed by atoms with van der Waals surface area (Å²) in [6.45, 7) is 7.34. The smallest absolute Gasteiger partial charge is 0.408 e. The third-order valence-corrected chi connectivity index (χ3v) is 7.56. The molecule has 2 atom stereocenters. The van der Waals surface area contributed by atoms with Crippen LogP contribution in [0.2, 0.25) is 0 Å².